The lowest BCUT2D eigenvalue weighted by Gasteiger charge is -2.08. The van der Waals surface area contributed by atoms with Crippen LogP contribution in [-0.4, -0.2) is 39.2 Å². The third-order valence-corrected chi connectivity index (χ3v) is 2.25. The average Bonchev–Trinajstić information content (AvgIpc) is 2.72. The van der Waals surface area contributed by atoms with Gasteiger partial charge in [0.05, 0.1) is 18.6 Å². The highest BCUT2D eigenvalue weighted by Gasteiger charge is 2.11. The summed E-state index contributed by atoms with van der Waals surface area (Å²) in [5.41, 5.74) is 6.03. The fourth-order valence-corrected chi connectivity index (χ4v) is 1.26. The number of nitrogens with two attached hydrogens (primary N) is 1. The number of aliphatic carboxylic acids is 1. The van der Waals surface area contributed by atoms with Crippen molar-refractivity contribution >= 4 is 12.0 Å². The van der Waals surface area contributed by atoms with Crippen molar-refractivity contribution in [2.45, 2.75) is 19.0 Å². The topological polar surface area (TPSA) is 122 Å². The highest BCUT2D eigenvalue weighted by atomic mass is 16.4. The fraction of sp³-hybridized carbons (Fsp3) is 0.500. The number of rotatable bonds is 6. The summed E-state index contributed by atoms with van der Waals surface area (Å²) in [4.78, 5) is 25.8. The van der Waals surface area contributed by atoms with E-state index in [1.165, 1.54) is 0 Å². The Balaban J connectivity index is 2.16. The summed E-state index contributed by atoms with van der Waals surface area (Å²) in [5, 5.41) is 13.7. The summed E-state index contributed by atoms with van der Waals surface area (Å²) >= 11 is 0. The van der Waals surface area contributed by atoms with Gasteiger partial charge in [0.25, 0.3) is 0 Å². The first kappa shape index (κ1) is 14.0. The fourth-order valence-electron chi connectivity index (χ4n) is 1.26. The monoisotopic (exact) mass is 255 g/mol. The molecule has 0 aliphatic heterocycles. The van der Waals surface area contributed by atoms with Crippen molar-refractivity contribution in [3.8, 4) is 0 Å². The van der Waals surface area contributed by atoms with Crippen molar-refractivity contribution in [3.05, 3.63) is 18.2 Å². The Bertz CT molecular complexity index is 417. The minimum atomic E-state index is -1.08. The van der Waals surface area contributed by atoms with E-state index in [2.05, 4.69) is 15.6 Å². The third kappa shape index (κ3) is 4.83. The normalized spacial score (nSPS) is 11.9. The summed E-state index contributed by atoms with van der Waals surface area (Å²) in [6, 6.07) is -1.33. The molecule has 8 heteroatoms. The number of aromatic nitrogens is 2. The molecule has 5 N–H and O–H groups in total. The van der Waals surface area contributed by atoms with E-state index < -0.39 is 12.0 Å². The quantitative estimate of drug-likeness (QED) is 0.520. The van der Waals surface area contributed by atoms with Gasteiger partial charge in [-0.25, -0.2) is 9.78 Å². The Labute approximate surface area is 104 Å². The number of carboxylic acids is 1. The van der Waals surface area contributed by atoms with Crippen LogP contribution in [0.3, 0.4) is 0 Å². The van der Waals surface area contributed by atoms with Crippen molar-refractivity contribution in [3.63, 3.8) is 0 Å². The molecule has 1 heterocycles. The number of amides is 2. The van der Waals surface area contributed by atoms with Gasteiger partial charge in [-0.1, -0.05) is 0 Å². The van der Waals surface area contributed by atoms with Gasteiger partial charge in [-0.3, -0.25) is 4.79 Å². The van der Waals surface area contributed by atoms with E-state index in [4.69, 9.17) is 10.8 Å². The van der Waals surface area contributed by atoms with Crippen LogP contribution in [-0.2, 0) is 18.4 Å². The molecular formula is C10H17N5O3. The molecule has 1 rings (SSSR count). The molecule has 0 aliphatic carbocycles. The Morgan fingerprint density at radius 3 is 2.83 bits per heavy atom. The van der Waals surface area contributed by atoms with Crippen LogP contribution in [0.15, 0.2) is 12.5 Å². The van der Waals surface area contributed by atoms with E-state index in [0.29, 0.717) is 6.54 Å². The predicted octanol–water partition coefficient (Wildman–Crippen LogP) is -0.979. The molecule has 100 valence electrons. The Hall–Kier alpha value is -2.09. The SMILES string of the molecule is Cn1cnc(CNC(=O)NCC[C@H](N)C(=O)O)c1. The van der Waals surface area contributed by atoms with Crippen LogP contribution >= 0.6 is 0 Å². The van der Waals surface area contributed by atoms with Crippen LogP contribution in [0.1, 0.15) is 12.1 Å². The average molecular weight is 255 g/mol. The van der Waals surface area contributed by atoms with Crippen LogP contribution in [0.2, 0.25) is 0 Å². The second-order valence-corrected chi connectivity index (χ2v) is 3.87. The minimum absolute atomic E-state index is 0.187. The summed E-state index contributed by atoms with van der Waals surface area (Å²) in [6.07, 6.45) is 3.62. The number of hydrogen-bond donors (Lipinski definition) is 4. The van der Waals surface area contributed by atoms with Crippen LogP contribution in [0.25, 0.3) is 0 Å². The molecule has 0 unspecified atom stereocenters. The first-order valence-electron chi connectivity index (χ1n) is 5.46. The number of carbonyl (C=O) groups is 2. The number of carboxylic acid groups (broad SMARTS) is 1. The van der Waals surface area contributed by atoms with E-state index in [0.717, 1.165) is 5.69 Å². The molecule has 2 amide bonds. The van der Waals surface area contributed by atoms with Gasteiger partial charge in [0.2, 0.25) is 0 Å². The maximum absolute atomic E-state index is 11.3. The molecular weight excluding hydrogens is 238 g/mol. The lowest BCUT2D eigenvalue weighted by atomic mass is 10.2. The maximum atomic E-state index is 11.3. The number of urea groups is 1. The van der Waals surface area contributed by atoms with Crippen LogP contribution in [0.4, 0.5) is 4.79 Å². The van der Waals surface area contributed by atoms with Crippen molar-refractivity contribution < 1.29 is 14.7 Å². The van der Waals surface area contributed by atoms with Gasteiger partial charge in [-0.05, 0) is 6.42 Å². The molecule has 0 radical (unpaired) electrons. The molecule has 1 atom stereocenters. The number of imidazole rings is 1. The van der Waals surface area contributed by atoms with Gasteiger partial charge in [-0.2, -0.15) is 0 Å². The van der Waals surface area contributed by atoms with Gasteiger partial charge < -0.3 is 26.0 Å². The first-order valence-corrected chi connectivity index (χ1v) is 5.46. The van der Waals surface area contributed by atoms with Gasteiger partial charge >= 0.3 is 12.0 Å². The summed E-state index contributed by atoms with van der Waals surface area (Å²) in [5.74, 6) is -1.08. The van der Waals surface area contributed by atoms with E-state index in [9.17, 15) is 9.59 Å². The van der Waals surface area contributed by atoms with Gasteiger partial charge in [-0.15, -0.1) is 0 Å². The smallest absolute Gasteiger partial charge is 0.320 e. The molecule has 1 aromatic heterocycles. The molecule has 0 saturated carbocycles. The van der Waals surface area contributed by atoms with Crippen LogP contribution < -0.4 is 16.4 Å². The van der Waals surface area contributed by atoms with Crippen LogP contribution in [0.5, 0.6) is 0 Å². The molecule has 0 bridgehead atoms. The molecule has 0 saturated heterocycles. The van der Waals surface area contributed by atoms with E-state index in [1.54, 1.807) is 17.1 Å². The Kier molecular flexibility index (Phi) is 5.12. The highest BCUT2D eigenvalue weighted by Crippen LogP contribution is 1.92. The van der Waals surface area contributed by atoms with Crippen LogP contribution in [0, 0.1) is 0 Å². The van der Waals surface area contributed by atoms with E-state index in [1.807, 2.05) is 7.05 Å². The number of carbonyl (C=O) groups excluding carboxylic acids is 1. The summed E-state index contributed by atoms with van der Waals surface area (Å²) in [6.45, 7) is 0.527. The van der Waals surface area contributed by atoms with Crippen molar-refractivity contribution in [1.82, 2.24) is 20.2 Å². The lowest BCUT2D eigenvalue weighted by molar-refractivity contribution is -0.138. The standard InChI is InChI=1S/C10H17N5O3/c1-15-5-7(14-6-15)4-13-10(18)12-3-2-8(11)9(16)17/h5-6,8H,2-4,11H2,1H3,(H,16,17)(H2,12,13,18)/t8-/m0/s1. The van der Waals surface area contributed by atoms with Gasteiger partial charge in [0.1, 0.15) is 6.04 Å². The van der Waals surface area contributed by atoms with E-state index in [-0.39, 0.29) is 19.0 Å². The molecule has 1 aromatic rings. The van der Waals surface area contributed by atoms with Gasteiger partial charge in [0, 0.05) is 19.8 Å². The van der Waals surface area contributed by atoms with Crippen molar-refractivity contribution in [2.24, 2.45) is 12.8 Å². The Morgan fingerprint density at radius 2 is 2.28 bits per heavy atom. The second-order valence-electron chi connectivity index (χ2n) is 3.87. The first-order chi connectivity index (χ1) is 8.49. The van der Waals surface area contributed by atoms with Crippen molar-refractivity contribution in [1.29, 1.82) is 0 Å². The predicted molar refractivity (Wildman–Crippen MR) is 63.7 cm³/mol. The zero-order valence-corrected chi connectivity index (χ0v) is 10.1. The second kappa shape index (κ2) is 6.60. The van der Waals surface area contributed by atoms with E-state index >= 15 is 0 Å². The molecule has 0 aliphatic rings. The summed E-state index contributed by atoms with van der Waals surface area (Å²) in [7, 11) is 1.84. The zero-order chi connectivity index (χ0) is 13.5. The molecule has 0 spiro atoms. The largest absolute Gasteiger partial charge is 0.480 e. The Morgan fingerprint density at radius 1 is 1.56 bits per heavy atom. The molecule has 0 aromatic carbocycles. The number of nitrogens with zero attached hydrogens (tertiary/aromatic N) is 2. The minimum Gasteiger partial charge on any atom is -0.480 e. The molecule has 8 nitrogen and oxygen atoms in total. The summed E-state index contributed by atoms with van der Waals surface area (Å²) < 4.78 is 1.78. The third-order valence-electron chi connectivity index (χ3n) is 2.25. The number of nitrogens with one attached hydrogen (secondary N) is 2. The lowest BCUT2D eigenvalue weighted by Crippen LogP contribution is -2.39. The van der Waals surface area contributed by atoms with Crippen molar-refractivity contribution in [2.75, 3.05) is 6.54 Å². The maximum Gasteiger partial charge on any atom is 0.320 e. The molecule has 18 heavy (non-hydrogen) atoms. The zero-order valence-electron chi connectivity index (χ0n) is 10.1. The number of hydrogen-bond acceptors (Lipinski definition) is 4. The van der Waals surface area contributed by atoms with Gasteiger partial charge in [0.15, 0.2) is 0 Å². The molecule has 0 fully saturated rings. The highest BCUT2D eigenvalue weighted by molar-refractivity contribution is 5.74. The number of aryl methyl sites for hydroxylation is 1.